The first kappa shape index (κ1) is 10.4. The van der Waals surface area contributed by atoms with Gasteiger partial charge in [-0.2, -0.15) is 5.26 Å². The standard InChI is InChI=1S/C12H9FN2O/c1-8-11(6-7-14)16-12(15-8)9-2-4-10(13)5-3-9/h2-5H,6H2,1H3. The van der Waals surface area contributed by atoms with Crippen molar-refractivity contribution in [3.63, 3.8) is 0 Å². The van der Waals surface area contributed by atoms with Gasteiger partial charge in [0.15, 0.2) is 0 Å². The molecule has 80 valence electrons. The lowest BCUT2D eigenvalue weighted by molar-refractivity contribution is 0.530. The van der Waals surface area contributed by atoms with Gasteiger partial charge in [0.2, 0.25) is 5.89 Å². The van der Waals surface area contributed by atoms with E-state index in [1.165, 1.54) is 12.1 Å². The molecule has 0 aliphatic carbocycles. The zero-order valence-electron chi connectivity index (χ0n) is 8.70. The first-order chi connectivity index (χ1) is 7.70. The molecule has 0 N–H and O–H groups in total. The second kappa shape index (κ2) is 4.15. The van der Waals surface area contributed by atoms with Crippen LogP contribution in [0.25, 0.3) is 11.5 Å². The number of halogens is 1. The Balaban J connectivity index is 2.38. The van der Waals surface area contributed by atoms with Crippen molar-refractivity contribution >= 4 is 0 Å². The van der Waals surface area contributed by atoms with Crippen LogP contribution in [0.5, 0.6) is 0 Å². The molecule has 0 atom stereocenters. The van der Waals surface area contributed by atoms with Crippen molar-refractivity contribution in [1.29, 1.82) is 5.26 Å². The van der Waals surface area contributed by atoms with Gasteiger partial charge in [-0.25, -0.2) is 9.37 Å². The van der Waals surface area contributed by atoms with Crippen molar-refractivity contribution in [3.05, 3.63) is 41.5 Å². The van der Waals surface area contributed by atoms with E-state index < -0.39 is 0 Å². The lowest BCUT2D eigenvalue weighted by atomic mass is 10.2. The zero-order chi connectivity index (χ0) is 11.5. The fourth-order valence-corrected chi connectivity index (χ4v) is 1.38. The lowest BCUT2D eigenvalue weighted by Crippen LogP contribution is -1.80. The fraction of sp³-hybridized carbons (Fsp3) is 0.167. The SMILES string of the molecule is Cc1nc(-c2ccc(F)cc2)oc1CC#N. The highest BCUT2D eigenvalue weighted by molar-refractivity contribution is 5.53. The molecule has 2 aromatic rings. The first-order valence-electron chi connectivity index (χ1n) is 4.80. The van der Waals surface area contributed by atoms with E-state index in [1.54, 1.807) is 19.1 Å². The van der Waals surface area contributed by atoms with Crippen molar-refractivity contribution in [3.8, 4) is 17.5 Å². The van der Waals surface area contributed by atoms with Gasteiger partial charge in [0.25, 0.3) is 0 Å². The summed E-state index contributed by atoms with van der Waals surface area (Å²) in [6, 6.07) is 7.89. The van der Waals surface area contributed by atoms with E-state index in [4.69, 9.17) is 9.68 Å². The Morgan fingerprint density at radius 1 is 1.38 bits per heavy atom. The maximum absolute atomic E-state index is 12.7. The summed E-state index contributed by atoms with van der Waals surface area (Å²) in [6.07, 6.45) is 0.194. The fourth-order valence-electron chi connectivity index (χ4n) is 1.38. The molecule has 0 spiro atoms. The van der Waals surface area contributed by atoms with Crippen LogP contribution in [0.1, 0.15) is 11.5 Å². The number of rotatable bonds is 2. The van der Waals surface area contributed by atoms with Crippen LogP contribution in [-0.2, 0) is 6.42 Å². The maximum atomic E-state index is 12.7. The molecule has 3 nitrogen and oxygen atoms in total. The van der Waals surface area contributed by atoms with Gasteiger partial charge in [0, 0.05) is 5.56 Å². The Morgan fingerprint density at radius 3 is 2.69 bits per heavy atom. The van der Waals surface area contributed by atoms with Crippen molar-refractivity contribution < 1.29 is 8.81 Å². The maximum Gasteiger partial charge on any atom is 0.226 e. The minimum absolute atomic E-state index is 0.194. The normalized spacial score (nSPS) is 10.1. The van der Waals surface area contributed by atoms with Gasteiger partial charge in [-0.3, -0.25) is 0 Å². The van der Waals surface area contributed by atoms with Gasteiger partial charge in [-0.1, -0.05) is 0 Å². The minimum atomic E-state index is -0.302. The zero-order valence-corrected chi connectivity index (χ0v) is 8.70. The van der Waals surface area contributed by atoms with Crippen molar-refractivity contribution in [2.75, 3.05) is 0 Å². The molecular weight excluding hydrogens is 207 g/mol. The van der Waals surface area contributed by atoms with E-state index >= 15 is 0 Å². The molecule has 0 radical (unpaired) electrons. The van der Waals surface area contributed by atoms with E-state index in [0.717, 1.165) is 0 Å². The van der Waals surface area contributed by atoms with E-state index in [1.807, 2.05) is 6.07 Å². The number of oxazole rings is 1. The van der Waals surface area contributed by atoms with E-state index in [0.29, 0.717) is 22.9 Å². The smallest absolute Gasteiger partial charge is 0.226 e. The third-order valence-corrected chi connectivity index (χ3v) is 2.22. The van der Waals surface area contributed by atoms with Crippen LogP contribution in [0.15, 0.2) is 28.7 Å². The number of hydrogen-bond donors (Lipinski definition) is 0. The molecule has 2 rings (SSSR count). The van der Waals surface area contributed by atoms with E-state index in [-0.39, 0.29) is 12.2 Å². The number of aryl methyl sites for hydroxylation is 1. The summed E-state index contributed by atoms with van der Waals surface area (Å²) in [5.74, 6) is 0.675. The monoisotopic (exact) mass is 216 g/mol. The minimum Gasteiger partial charge on any atom is -0.440 e. The Bertz CT molecular complexity index is 537. The molecule has 0 saturated heterocycles. The summed E-state index contributed by atoms with van der Waals surface area (Å²) < 4.78 is 18.1. The summed E-state index contributed by atoms with van der Waals surface area (Å²) in [5, 5.41) is 8.57. The predicted molar refractivity (Wildman–Crippen MR) is 56.0 cm³/mol. The molecule has 0 unspecified atom stereocenters. The van der Waals surface area contributed by atoms with Crippen LogP contribution >= 0.6 is 0 Å². The van der Waals surface area contributed by atoms with Crippen LogP contribution in [0.2, 0.25) is 0 Å². The third kappa shape index (κ3) is 1.94. The second-order valence-electron chi connectivity index (χ2n) is 3.37. The van der Waals surface area contributed by atoms with Crippen LogP contribution in [0.4, 0.5) is 4.39 Å². The largest absolute Gasteiger partial charge is 0.440 e. The summed E-state index contributed by atoms with van der Waals surface area (Å²) in [4.78, 5) is 4.19. The van der Waals surface area contributed by atoms with Crippen LogP contribution in [0.3, 0.4) is 0 Å². The Hall–Kier alpha value is -2.15. The van der Waals surface area contributed by atoms with Crippen molar-refractivity contribution in [2.24, 2.45) is 0 Å². The summed E-state index contributed by atoms with van der Waals surface area (Å²) >= 11 is 0. The topological polar surface area (TPSA) is 49.8 Å². The van der Waals surface area contributed by atoms with Gasteiger partial charge < -0.3 is 4.42 Å². The average Bonchev–Trinajstić information content (AvgIpc) is 2.62. The lowest BCUT2D eigenvalue weighted by Gasteiger charge is -1.94. The molecule has 1 aromatic carbocycles. The van der Waals surface area contributed by atoms with E-state index in [9.17, 15) is 4.39 Å². The molecule has 0 amide bonds. The van der Waals surface area contributed by atoms with Gasteiger partial charge in [-0.15, -0.1) is 0 Å². The first-order valence-corrected chi connectivity index (χ1v) is 4.80. The molecule has 0 aliphatic rings. The van der Waals surface area contributed by atoms with Gasteiger partial charge in [-0.05, 0) is 31.2 Å². The molecule has 0 fully saturated rings. The number of nitrogens with zero attached hydrogens (tertiary/aromatic N) is 2. The van der Waals surface area contributed by atoms with Gasteiger partial charge in [0.05, 0.1) is 18.2 Å². The number of nitriles is 1. The molecule has 1 heterocycles. The molecule has 1 aromatic heterocycles. The number of hydrogen-bond acceptors (Lipinski definition) is 3. The summed E-state index contributed by atoms with van der Waals surface area (Å²) in [6.45, 7) is 1.78. The van der Waals surface area contributed by atoms with Crippen molar-refractivity contribution in [2.45, 2.75) is 13.3 Å². The Labute approximate surface area is 92.2 Å². The van der Waals surface area contributed by atoms with E-state index in [2.05, 4.69) is 4.98 Å². The summed E-state index contributed by atoms with van der Waals surface area (Å²) in [5.41, 5.74) is 1.40. The molecule has 0 saturated carbocycles. The highest BCUT2D eigenvalue weighted by Gasteiger charge is 2.10. The van der Waals surface area contributed by atoms with Crippen LogP contribution < -0.4 is 0 Å². The number of aromatic nitrogens is 1. The second-order valence-corrected chi connectivity index (χ2v) is 3.37. The molecule has 0 bridgehead atoms. The molecule has 4 heteroatoms. The van der Waals surface area contributed by atoms with Crippen LogP contribution in [0, 0.1) is 24.1 Å². The Kier molecular flexibility index (Phi) is 2.69. The quantitative estimate of drug-likeness (QED) is 0.775. The Morgan fingerprint density at radius 2 is 2.06 bits per heavy atom. The molecule has 16 heavy (non-hydrogen) atoms. The predicted octanol–water partition coefficient (Wildman–Crippen LogP) is 2.86. The molecule has 0 aliphatic heterocycles. The molecular formula is C12H9FN2O. The number of benzene rings is 1. The highest BCUT2D eigenvalue weighted by Crippen LogP contribution is 2.22. The highest BCUT2D eigenvalue weighted by atomic mass is 19.1. The van der Waals surface area contributed by atoms with Crippen molar-refractivity contribution in [1.82, 2.24) is 4.98 Å². The van der Waals surface area contributed by atoms with Gasteiger partial charge >= 0.3 is 0 Å². The average molecular weight is 216 g/mol. The van der Waals surface area contributed by atoms with Crippen LogP contribution in [-0.4, -0.2) is 4.98 Å². The van der Waals surface area contributed by atoms with Gasteiger partial charge in [0.1, 0.15) is 11.6 Å². The summed E-state index contributed by atoms with van der Waals surface area (Å²) in [7, 11) is 0. The third-order valence-electron chi connectivity index (χ3n) is 2.22.